The molecule has 0 fully saturated rings. The Hall–Kier alpha value is -1.60. The van der Waals surface area contributed by atoms with E-state index in [1.807, 2.05) is 12.1 Å². The molecular formula is C14H18Cl2N4O2. The maximum Gasteiger partial charge on any atom is 0.239 e. The van der Waals surface area contributed by atoms with Gasteiger partial charge in [0.25, 0.3) is 0 Å². The van der Waals surface area contributed by atoms with Crippen LogP contribution in [0.4, 0.5) is 5.82 Å². The smallest absolute Gasteiger partial charge is 0.239 e. The van der Waals surface area contributed by atoms with E-state index in [4.69, 9.17) is 16.3 Å². The predicted molar refractivity (Wildman–Crippen MR) is 89.2 cm³/mol. The lowest BCUT2D eigenvalue weighted by molar-refractivity contribution is -0.115. The van der Waals surface area contributed by atoms with Gasteiger partial charge in [0.05, 0.1) is 25.0 Å². The monoisotopic (exact) mass is 344 g/mol. The molecule has 1 amide bonds. The van der Waals surface area contributed by atoms with E-state index in [2.05, 4.69) is 15.7 Å². The molecular weight excluding hydrogens is 327 g/mol. The predicted octanol–water partition coefficient (Wildman–Crippen LogP) is 2.12. The van der Waals surface area contributed by atoms with Crippen LogP contribution in [0.1, 0.15) is 0 Å². The SMILES string of the molecule is COCCNCC(=O)Nc1ccnn1-c1cccc(Cl)c1.Cl. The van der Waals surface area contributed by atoms with Gasteiger partial charge in [-0.15, -0.1) is 12.4 Å². The van der Waals surface area contributed by atoms with Crippen LogP contribution in [-0.2, 0) is 9.53 Å². The number of hydrogen-bond donors (Lipinski definition) is 2. The fourth-order valence-corrected chi connectivity index (χ4v) is 1.96. The Morgan fingerprint density at radius 1 is 1.41 bits per heavy atom. The normalized spacial score (nSPS) is 10.1. The summed E-state index contributed by atoms with van der Waals surface area (Å²) >= 11 is 5.97. The third-order valence-corrected chi connectivity index (χ3v) is 2.97. The minimum atomic E-state index is -0.144. The lowest BCUT2D eigenvalue weighted by atomic mass is 10.3. The number of carbonyl (C=O) groups excluding carboxylic acids is 1. The van der Waals surface area contributed by atoms with E-state index < -0.39 is 0 Å². The summed E-state index contributed by atoms with van der Waals surface area (Å²) in [6, 6.07) is 8.99. The molecule has 6 nitrogen and oxygen atoms in total. The van der Waals surface area contributed by atoms with Gasteiger partial charge in [-0.2, -0.15) is 5.10 Å². The Labute approximate surface area is 140 Å². The number of nitrogens with zero attached hydrogens (tertiary/aromatic N) is 2. The number of halogens is 2. The van der Waals surface area contributed by atoms with Gasteiger partial charge in [-0.3, -0.25) is 4.79 Å². The topological polar surface area (TPSA) is 68.2 Å². The van der Waals surface area contributed by atoms with E-state index in [9.17, 15) is 4.79 Å². The highest BCUT2D eigenvalue weighted by Gasteiger charge is 2.08. The molecule has 0 unspecified atom stereocenters. The molecule has 0 saturated carbocycles. The van der Waals surface area contributed by atoms with Crippen molar-refractivity contribution in [3.05, 3.63) is 41.6 Å². The largest absolute Gasteiger partial charge is 0.383 e. The fourth-order valence-electron chi connectivity index (χ4n) is 1.77. The number of aromatic nitrogens is 2. The van der Waals surface area contributed by atoms with Crippen molar-refractivity contribution >= 4 is 35.7 Å². The zero-order chi connectivity index (χ0) is 15.1. The van der Waals surface area contributed by atoms with E-state index in [0.717, 1.165) is 5.69 Å². The third-order valence-electron chi connectivity index (χ3n) is 2.73. The van der Waals surface area contributed by atoms with Crippen LogP contribution in [-0.4, -0.2) is 42.5 Å². The molecule has 0 aliphatic heterocycles. The number of amides is 1. The van der Waals surface area contributed by atoms with Crippen molar-refractivity contribution in [3.63, 3.8) is 0 Å². The van der Waals surface area contributed by atoms with Gasteiger partial charge in [-0.05, 0) is 18.2 Å². The lowest BCUT2D eigenvalue weighted by Gasteiger charge is -2.09. The summed E-state index contributed by atoms with van der Waals surface area (Å²) in [4.78, 5) is 11.8. The first-order valence-electron chi connectivity index (χ1n) is 6.50. The van der Waals surface area contributed by atoms with Gasteiger partial charge in [0.2, 0.25) is 5.91 Å². The second-order valence-electron chi connectivity index (χ2n) is 4.33. The van der Waals surface area contributed by atoms with Gasteiger partial charge >= 0.3 is 0 Å². The molecule has 2 N–H and O–H groups in total. The Bertz CT molecular complexity index is 604. The third kappa shape index (κ3) is 5.31. The summed E-state index contributed by atoms with van der Waals surface area (Å²) in [6.45, 7) is 1.40. The zero-order valence-electron chi connectivity index (χ0n) is 12.1. The standard InChI is InChI=1S/C14H17ClN4O2.ClH/c1-21-8-7-16-10-14(20)18-13-5-6-17-19(13)12-4-2-3-11(15)9-12;/h2-6,9,16H,7-8,10H2,1H3,(H,18,20);1H. The van der Waals surface area contributed by atoms with Gasteiger partial charge in [0.15, 0.2) is 0 Å². The van der Waals surface area contributed by atoms with Crippen LogP contribution in [0.25, 0.3) is 5.69 Å². The van der Waals surface area contributed by atoms with Crippen molar-refractivity contribution < 1.29 is 9.53 Å². The molecule has 0 aliphatic carbocycles. The first-order valence-corrected chi connectivity index (χ1v) is 6.88. The molecule has 8 heteroatoms. The van der Waals surface area contributed by atoms with Crippen LogP contribution in [0, 0.1) is 0 Å². The van der Waals surface area contributed by atoms with E-state index in [1.165, 1.54) is 0 Å². The number of ether oxygens (including phenoxy) is 1. The average molecular weight is 345 g/mol. The van der Waals surface area contributed by atoms with Crippen LogP contribution < -0.4 is 10.6 Å². The summed E-state index contributed by atoms with van der Waals surface area (Å²) < 4.78 is 6.52. The number of benzene rings is 1. The highest BCUT2D eigenvalue weighted by atomic mass is 35.5. The van der Waals surface area contributed by atoms with Gasteiger partial charge in [-0.25, -0.2) is 4.68 Å². The molecule has 2 aromatic rings. The number of rotatable bonds is 7. The second-order valence-corrected chi connectivity index (χ2v) is 4.76. The Kier molecular flexibility index (Phi) is 7.90. The van der Waals surface area contributed by atoms with Gasteiger partial charge in [0.1, 0.15) is 5.82 Å². The summed E-state index contributed by atoms with van der Waals surface area (Å²) in [6.07, 6.45) is 1.62. The number of carbonyl (C=O) groups is 1. The molecule has 1 aromatic heterocycles. The molecule has 0 spiro atoms. The minimum absolute atomic E-state index is 0. The van der Waals surface area contributed by atoms with Crippen LogP contribution >= 0.6 is 24.0 Å². The molecule has 0 aliphatic rings. The highest BCUT2D eigenvalue weighted by Crippen LogP contribution is 2.18. The van der Waals surface area contributed by atoms with Crippen molar-refractivity contribution in [2.75, 3.05) is 32.1 Å². The number of anilines is 1. The summed E-state index contributed by atoms with van der Waals surface area (Å²) in [5.41, 5.74) is 0.787. The first-order chi connectivity index (χ1) is 10.2. The summed E-state index contributed by atoms with van der Waals surface area (Å²) in [5, 5.41) is 10.6. The average Bonchev–Trinajstić information content (AvgIpc) is 2.92. The highest BCUT2D eigenvalue weighted by molar-refractivity contribution is 6.30. The van der Waals surface area contributed by atoms with E-state index >= 15 is 0 Å². The van der Waals surface area contributed by atoms with Crippen LogP contribution in [0.5, 0.6) is 0 Å². The molecule has 0 saturated heterocycles. The molecule has 0 atom stereocenters. The van der Waals surface area contributed by atoms with Crippen LogP contribution in [0.3, 0.4) is 0 Å². The van der Waals surface area contributed by atoms with Crippen molar-refractivity contribution in [1.82, 2.24) is 15.1 Å². The van der Waals surface area contributed by atoms with Gasteiger partial charge in [0, 0.05) is 24.7 Å². The molecule has 2 rings (SSSR count). The minimum Gasteiger partial charge on any atom is -0.383 e. The number of nitrogens with one attached hydrogen (secondary N) is 2. The Morgan fingerprint density at radius 2 is 2.23 bits per heavy atom. The van der Waals surface area contributed by atoms with Gasteiger partial charge in [-0.1, -0.05) is 17.7 Å². The van der Waals surface area contributed by atoms with E-state index in [-0.39, 0.29) is 24.9 Å². The van der Waals surface area contributed by atoms with E-state index in [1.54, 1.807) is 36.2 Å². The summed E-state index contributed by atoms with van der Waals surface area (Å²) in [5.74, 6) is 0.450. The molecule has 1 aromatic carbocycles. The van der Waals surface area contributed by atoms with Crippen molar-refractivity contribution in [2.45, 2.75) is 0 Å². The molecule has 22 heavy (non-hydrogen) atoms. The molecule has 1 heterocycles. The van der Waals surface area contributed by atoms with E-state index in [0.29, 0.717) is 24.0 Å². The zero-order valence-corrected chi connectivity index (χ0v) is 13.7. The van der Waals surface area contributed by atoms with Crippen LogP contribution in [0.2, 0.25) is 5.02 Å². The van der Waals surface area contributed by atoms with Crippen LogP contribution in [0.15, 0.2) is 36.5 Å². The molecule has 0 bridgehead atoms. The maximum absolute atomic E-state index is 11.8. The first kappa shape index (κ1) is 18.4. The molecule has 0 radical (unpaired) electrons. The van der Waals surface area contributed by atoms with Crippen molar-refractivity contribution in [1.29, 1.82) is 0 Å². The lowest BCUT2D eigenvalue weighted by Crippen LogP contribution is -2.30. The number of methoxy groups -OCH3 is 1. The summed E-state index contributed by atoms with van der Waals surface area (Å²) in [7, 11) is 1.62. The maximum atomic E-state index is 11.8. The fraction of sp³-hybridized carbons (Fsp3) is 0.286. The second kappa shape index (κ2) is 9.42. The van der Waals surface area contributed by atoms with Crippen molar-refractivity contribution in [2.24, 2.45) is 0 Å². The Balaban J connectivity index is 0.00000242. The van der Waals surface area contributed by atoms with Gasteiger partial charge < -0.3 is 15.4 Å². The van der Waals surface area contributed by atoms with Crippen molar-refractivity contribution in [3.8, 4) is 5.69 Å². The number of hydrogen-bond acceptors (Lipinski definition) is 4. The molecule has 120 valence electrons. The quantitative estimate of drug-likeness (QED) is 0.755. The Morgan fingerprint density at radius 3 is 2.95 bits per heavy atom.